The molecule has 0 bridgehead atoms. The highest BCUT2D eigenvalue weighted by Crippen LogP contribution is 2.20. The van der Waals surface area contributed by atoms with Crippen LogP contribution in [0.3, 0.4) is 0 Å². The van der Waals surface area contributed by atoms with Crippen LogP contribution in [0.4, 0.5) is 0 Å². The fraction of sp³-hybridized carbons (Fsp3) is 1.00. The molecule has 2 heteroatoms. The van der Waals surface area contributed by atoms with Crippen LogP contribution in [0.15, 0.2) is 0 Å². The molecule has 0 amide bonds. The normalized spacial score (nSPS) is 12.3. The van der Waals surface area contributed by atoms with Gasteiger partial charge in [0.05, 0.1) is 0 Å². The van der Waals surface area contributed by atoms with Crippen molar-refractivity contribution in [3.8, 4) is 0 Å². The van der Waals surface area contributed by atoms with Crippen LogP contribution < -0.4 is 5.73 Å². The largest absolute Gasteiger partial charge is 0.330 e. The zero-order chi connectivity index (χ0) is 7.33. The highest BCUT2D eigenvalue weighted by molar-refractivity contribution is 6.08. The molecule has 0 rings (SSSR count). The minimum absolute atomic E-state index is 0.393. The van der Waals surface area contributed by atoms with Gasteiger partial charge >= 0.3 is 0 Å². The van der Waals surface area contributed by atoms with E-state index in [-0.39, 0.29) is 0 Å². The lowest BCUT2D eigenvalue weighted by molar-refractivity contribution is 0.344. The van der Waals surface area contributed by atoms with Gasteiger partial charge in [-0.3, -0.25) is 0 Å². The van der Waals surface area contributed by atoms with Crippen LogP contribution in [0.5, 0.6) is 0 Å². The molecule has 0 heterocycles. The molecule has 0 fully saturated rings. The topological polar surface area (TPSA) is 26.0 Å². The van der Waals surface area contributed by atoms with Crippen molar-refractivity contribution < 1.29 is 0 Å². The van der Waals surface area contributed by atoms with Crippen LogP contribution in [-0.2, 0) is 0 Å². The summed E-state index contributed by atoms with van der Waals surface area (Å²) in [5.74, 6) is 0. The number of hydrogen-bond donors (Lipinski definition) is 1. The average molecular weight is 145 g/mol. The predicted molar refractivity (Wildman–Crippen MR) is 46.8 cm³/mol. The second-order valence-electron chi connectivity index (χ2n) is 3.47. The van der Waals surface area contributed by atoms with Gasteiger partial charge in [-0.05, 0) is 18.4 Å². The molecule has 1 nitrogen and oxygen atoms in total. The van der Waals surface area contributed by atoms with E-state index in [0.717, 1.165) is 6.54 Å². The fourth-order valence-corrected chi connectivity index (χ4v) is 1.11. The van der Waals surface area contributed by atoms with Gasteiger partial charge in [0.1, 0.15) is 0 Å². The third-order valence-corrected chi connectivity index (χ3v) is 2.47. The van der Waals surface area contributed by atoms with Gasteiger partial charge in [-0.15, -0.1) is 0 Å². The molecule has 0 aromatic rings. The van der Waals surface area contributed by atoms with Crippen molar-refractivity contribution in [3.05, 3.63) is 0 Å². The van der Waals surface area contributed by atoms with Gasteiger partial charge in [-0.1, -0.05) is 26.3 Å². The highest BCUT2D eigenvalue weighted by Gasteiger charge is 2.13. The standard InChI is InChI=1S/C7H19NSi/c1-7(2,6-8)4-3-5-9/h3-6,8H2,1-2,9H3. The second kappa shape index (κ2) is 4.07. The van der Waals surface area contributed by atoms with Crippen molar-refractivity contribution in [1.82, 2.24) is 0 Å². The molecule has 0 aliphatic heterocycles. The van der Waals surface area contributed by atoms with Gasteiger partial charge in [0, 0.05) is 10.2 Å². The maximum absolute atomic E-state index is 5.56. The minimum Gasteiger partial charge on any atom is -0.330 e. The molecule has 0 saturated carbocycles. The van der Waals surface area contributed by atoms with Crippen LogP contribution in [0.1, 0.15) is 26.7 Å². The first kappa shape index (κ1) is 9.18. The predicted octanol–water partition coefficient (Wildman–Crippen LogP) is 0.535. The summed E-state index contributed by atoms with van der Waals surface area (Å²) in [6.07, 6.45) is 2.67. The lowest BCUT2D eigenvalue weighted by Crippen LogP contribution is -2.23. The van der Waals surface area contributed by atoms with Crippen LogP contribution >= 0.6 is 0 Å². The Morgan fingerprint density at radius 2 is 2.00 bits per heavy atom. The smallest absolute Gasteiger partial charge is 0.00279 e. The third kappa shape index (κ3) is 4.67. The number of rotatable bonds is 4. The monoisotopic (exact) mass is 145 g/mol. The lowest BCUT2D eigenvalue weighted by atomic mass is 9.88. The lowest BCUT2D eigenvalue weighted by Gasteiger charge is -2.21. The molecule has 9 heavy (non-hydrogen) atoms. The first-order valence-corrected chi connectivity index (χ1v) is 5.24. The van der Waals surface area contributed by atoms with Crippen molar-refractivity contribution in [2.24, 2.45) is 11.1 Å². The Morgan fingerprint density at radius 3 is 2.33 bits per heavy atom. The Kier molecular flexibility index (Phi) is 4.15. The second-order valence-corrected chi connectivity index (χ2v) is 4.47. The summed E-state index contributed by atoms with van der Waals surface area (Å²) in [6.45, 7) is 5.31. The van der Waals surface area contributed by atoms with Crippen molar-refractivity contribution in [1.29, 1.82) is 0 Å². The highest BCUT2D eigenvalue weighted by atomic mass is 28.1. The van der Waals surface area contributed by atoms with E-state index in [1.165, 1.54) is 29.1 Å². The molecule has 0 unspecified atom stereocenters. The molecule has 0 aromatic carbocycles. The van der Waals surface area contributed by atoms with Crippen LogP contribution in [-0.4, -0.2) is 16.8 Å². The van der Waals surface area contributed by atoms with Gasteiger partial charge in [0.15, 0.2) is 0 Å². The zero-order valence-corrected chi connectivity index (χ0v) is 8.91. The summed E-state index contributed by atoms with van der Waals surface area (Å²) >= 11 is 0. The van der Waals surface area contributed by atoms with E-state index in [2.05, 4.69) is 13.8 Å². The molecule has 56 valence electrons. The summed E-state index contributed by atoms with van der Waals surface area (Å²) in [7, 11) is 1.34. The van der Waals surface area contributed by atoms with E-state index in [1.54, 1.807) is 0 Å². The maximum Gasteiger partial charge on any atom is 0.00279 e. The maximum atomic E-state index is 5.56. The molecular formula is C7H19NSi. The SMILES string of the molecule is CC(C)(CN)CCC[SiH3]. The zero-order valence-electron chi connectivity index (χ0n) is 6.91. The first-order valence-electron chi connectivity index (χ1n) is 3.82. The van der Waals surface area contributed by atoms with E-state index in [4.69, 9.17) is 5.73 Å². The Morgan fingerprint density at radius 1 is 1.44 bits per heavy atom. The Bertz CT molecular complexity index is 71.3. The number of hydrogen-bond acceptors (Lipinski definition) is 1. The van der Waals surface area contributed by atoms with Gasteiger partial charge in [-0.25, -0.2) is 0 Å². The van der Waals surface area contributed by atoms with E-state index < -0.39 is 0 Å². The Labute approximate surface area is 61.4 Å². The number of nitrogens with two attached hydrogens (primary N) is 1. The molecule has 0 radical (unpaired) electrons. The van der Waals surface area contributed by atoms with Gasteiger partial charge < -0.3 is 5.73 Å². The van der Waals surface area contributed by atoms with Crippen LogP contribution in [0, 0.1) is 5.41 Å². The summed E-state index contributed by atoms with van der Waals surface area (Å²) in [4.78, 5) is 0. The summed E-state index contributed by atoms with van der Waals surface area (Å²) in [5, 5.41) is 0. The van der Waals surface area contributed by atoms with Crippen molar-refractivity contribution in [2.45, 2.75) is 32.7 Å². The summed E-state index contributed by atoms with van der Waals surface area (Å²) in [5.41, 5.74) is 5.95. The average Bonchev–Trinajstić information content (AvgIpc) is 1.84. The quantitative estimate of drug-likeness (QED) is 0.574. The van der Waals surface area contributed by atoms with Crippen LogP contribution in [0.2, 0.25) is 6.04 Å². The Hall–Kier alpha value is 0.177. The van der Waals surface area contributed by atoms with Crippen molar-refractivity contribution >= 4 is 10.2 Å². The molecule has 0 aliphatic carbocycles. The van der Waals surface area contributed by atoms with Crippen LogP contribution in [0.25, 0.3) is 0 Å². The molecule has 0 spiro atoms. The van der Waals surface area contributed by atoms with E-state index >= 15 is 0 Å². The van der Waals surface area contributed by atoms with Crippen molar-refractivity contribution in [3.63, 3.8) is 0 Å². The molecule has 0 aliphatic rings. The van der Waals surface area contributed by atoms with Gasteiger partial charge in [0.2, 0.25) is 0 Å². The molecule has 0 saturated heterocycles. The third-order valence-electron chi connectivity index (χ3n) is 1.76. The van der Waals surface area contributed by atoms with Gasteiger partial charge in [-0.2, -0.15) is 0 Å². The summed E-state index contributed by atoms with van der Waals surface area (Å²) < 4.78 is 0. The van der Waals surface area contributed by atoms with E-state index in [0.29, 0.717) is 5.41 Å². The van der Waals surface area contributed by atoms with E-state index in [1.807, 2.05) is 0 Å². The van der Waals surface area contributed by atoms with Crippen molar-refractivity contribution in [2.75, 3.05) is 6.54 Å². The minimum atomic E-state index is 0.393. The first-order chi connectivity index (χ1) is 4.12. The molecular weight excluding hydrogens is 126 g/mol. The fourth-order valence-electron chi connectivity index (χ4n) is 0.757. The van der Waals surface area contributed by atoms with Gasteiger partial charge in [0.25, 0.3) is 0 Å². The molecule has 2 N–H and O–H groups in total. The van der Waals surface area contributed by atoms with E-state index in [9.17, 15) is 0 Å². The Balaban J connectivity index is 3.33. The molecule has 0 atom stereocenters. The molecule has 0 aromatic heterocycles. The summed E-state index contributed by atoms with van der Waals surface area (Å²) in [6, 6.07) is 1.42.